The summed E-state index contributed by atoms with van der Waals surface area (Å²) >= 11 is 0. The van der Waals surface area contributed by atoms with E-state index in [2.05, 4.69) is 24.5 Å². The summed E-state index contributed by atoms with van der Waals surface area (Å²) in [5.41, 5.74) is -0.608. The molecular weight excluding hydrogens is 265 g/mol. The molecule has 1 amide bonds. The second-order valence-corrected chi connectivity index (χ2v) is 4.29. The van der Waals surface area contributed by atoms with Gasteiger partial charge in [-0.3, -0.25) is 4.79 Å². The number of carbonyl (C=O) groups is 1. The Morgan fingerprint density at radius 1 is 1.27 bits per heavy atom. The molecule has 0 aliphatic heterocycles. The van der Waals surface area contributed by atoms with Gasteiger partial charge >= 0.3 is 0 Å². The molecule has 3 nitrogen and oxygen atoms in total. The summed E-state index contributed by atoms with van der Waals surface area (Å²) in [5, 5.41) is 6.96. The van der Waals surface area contributed by atoms with Gasteiger partial charge in [-0.25, -0.2) is 0 Å². The minimum absolute atomic E-state index is 0. The molecule has 0 saturated heterocycles. The summed E-state index contributed by atoms with van der Waals surface area (Å²) in [5.74, 6) is 0.452. The van der Waals surface area contributed by atoms with E-state index in [9.17, 15) is 4.79 Å². The quantitative estimate of drug-likeness (QED) is 0.793. The average molecular weight is 289 g/mol. The second-order valence-electron chi connectivity index (χ2n) is 4.29. The largest absolute Gasteiger partial charge is 0.652 e. The first-order valence-corrected chi connectivity index (χ1v) is 4.73. The van der Waals surface area contributed by atoms with Gasteiger partial charge in [0.25, 0.3) is 0 Å². The number of rotatable bonds is 4. The first kappa shape index (κ1) is 20.9. The molecule has 15 heavy (non-hydrogen) atoms. The van der Waals surface area contributed by atoms with Crippen LogP contribution in [0.5, 0.6) is 0 Å². The average Bonchev–Trinajstić information content (AvgIpc) is 2.04. The Labute approximate surface area is 120 Å². The Bertz CT molecular complexity index is 181. The zero-order valence-corrected chi connectivity index (χ0v) is 13.9. The number of hydrogen-bond acceptors (Lipinski definition) is 1. The summed E-state index contributed by atoms with van der Waals surface area (Å²) in [6, 6.07) is 0.202. The molecule has 0 aliphatic carbocycles. The molecule has 0 bridgehead atoms. The summed E-state index contributed by atoms with van der Waals surface area (Å²) in [6.07, 6.45) is 0. The maximum absolute atomic E-state index is 11.6. The van der Waals surface area contributed by atoms with E-state index in [-0.39, 0.29) is 52.1 Å². The topological polar surface area (TPSA) is 43.2 Å². The van der Waals surface area contributed by atoms with Crippen molar-refractivity contribution in [3.05, 3.63) is 12.7 Å². The van der Waals surface area contributed by atoms with E-state index in [1.54, 1.807) is 7.05 Å². The fourth-order valence-corrected chi connectivity index (χ4v) is 0.652. The molecule has 0 fully saturated rings. The fourth-order valence-electron chi connectivity index (χ4n) is 0.652. The molecule has 4 heteroatoms. The Morgan fingerprint density at radius 3 is 1.93 bits per heavy atom. The van der Waals surface area contributed by atoms with Gasteiger partial charge in [-0.1, -0.05) is 27.7 Å². The SMILES string of the molecule is C[N-]C(C)(C)C(=O)NC(C)C(C)C.[CH3-].[Y]. The zero-order valence-electron chi connectivity index (χ0n) is 11.1. The number of carbonyl (C=O) groups excluding carboxylic acids is 1. The van der Waals surface area contributed by atoms with Crippen LogP contribution < -0.4 is 5.32 Å². The van der Waals surface area contributed by atoms with Crippen LogP contribution in [-0.4, -0.2) is 24.5 Å². The van der Waals surface area contributed by atoms with Crippen molar-refractivity contribution in [3.8, 4) is 0 Å². The predicted molar refractivity (Wildman–Crippen MR) is 62.2 cm³/mol. The maximum atomic E-state index is 11.6. The number of nitrogens with one attached hydrogen (secondary N) is 1. The van der Waals surface area contributed by atoms with Crippen molar-refractivity contribution in [2.45, 2.75) is 46.2 Å². The molecule has 0 heterocycles. The molecular formula is C11H24N2OY-2. The van der Waals surface area contributed by atoms with Gasteiger partial charge in [-0.2, -0.15) is 7.05 Å². The number of nitrogens with zero attached hydrogens (tertiary/aromatic N) is 1. The van der Waals surface area contributed by atoms with Crippen molar-refractivity contribution < 1.29 is 37.5 Å². The minimum Gasteiger partial charge on any atom is -0.652 e. The Kier molecular flexibility index (Phi) is 12.1. The summed E-state index contributed by atoms with van der Waals surface area (Å²) in [4.78, 5) is 11.6. The number of hydrogen-bond donors (Lipinski definition) is 1. The van der Waals surface area contributed by atoms with Crippen molar-refractivity contribution in [2.75, 3.05) is 7.05 Å². The van der Waals surface area contributed by atoms with E-state index in [1.165, 1.54) is 0 Å². The minimum atomic E-state index is -0.608. The van der Waals surface area contributed by atoms with Crippen LogP contribution in [0.15, 0.2) is 0 Å². The first-order chi connectivity index (χ1) is 5.81. The van der Waals surface area contributed by atoms with Crippen molar-refractivity contribution in [1.29, 1.82) is 0 Å². The Morgan fingerprint density at radius 2 is 1.67 bits per heavy atom. The van der Waals surface area contributed by atoms with Crippen molar-refractivity contribution in [1.82, 2.24) is 5.32 Å². The van der Waals surface area contributed by atoms with Gasteiger partial charge in [-0.15, -0.1) is 0 Å². The van der Waals surface area contributed by atoms with Crippen LogP contribution in [0.25, 0.3) is 5.32 Å². The van der Waals surface area contributed by atoms with Gasteiger partial charge in [0.15, 0.2) is 0 Å². The molecule has 89 valence electrons. The molecule has 0 saturated carbocycles. The van der Waals surface area contributed by atoms with Crippen LogP contribution in [-0.2, 0) is 37.5 Å². The van der Waals surface area contributed by atoms with Crippen LogP contribution in [0.3, 0.4) is 0 Å². The van der Waals surface area contributed by atoms with Gasteiger partial charge in [0.1, 0.15) is 0 Å². The van der Waals surface area contributed by atoms with E-state index < -0.39 is 5.54 Å². The Hall–Kier alpha value is 0.534. The third-order valence-electron chi connectivity index (χ3n) is 2.47. The van der Waals surface area contributed by atoms with E-state index in [4.69, 9.17) is 0 Å². The van der Waals surface area contributed by atoms with E-state index >= 15 is 0 Å². The molecule has 1 atom stereocenters. The van der Waals surface area contributed by atoms with Gasteiger partial charge < -0.3 is 18.1 Å². The van der Waals surface area contributed by atoms with Gasteiger partial charge in [0.05, 0.1) is 0 Å². The van der Waals surface area contributed by atoms with Crippen LogP contribution >= 0.6 is 0 Å². The first-order valence-electron chi connectivity index (χ1n) is 4.73. The summed E-state index contributed by atoms with van der Waals surface area (Å²) < 4.78 is 0. The number of likely N-dealkylation sites (N-methyl/N-ethyl adjacent to an activating group) is 1. The normalized spacial score (nSPS) is 12.5. The molecule has 0 spiro atoms. The molecule has 1 unspecified atom stereocenters. The third-order valence-corrected chi connectivity index (χ3v) is 2.47. The molecule has 0 aromatic carbocycles. The van der Waals surface area contributed by atoms with Crippen LogP contribution in [0.1, 0.15) is 34.6 Å². The van der Waals surface area contributed by atoms with E-state index in [0.29, 0.717) is 5.92 Å². The van der Waals surface area contributed by atoms with Gasteiger partial charge in [-0.05, 0) is 18.4 Å². The monoisotopic (exact) mass is 289 g/mol. The van der Waals surface area contributed by atoms with E-state index in [1.807, 2.05) is 20.8 Å². The van der Waals surface area contributed by atoms with Crippen LogP contribution in [0.4, 0.5) is 0 Å². The van der Waals surface area contributed by atoms with E-state index in [0.717, 1.165) is 0 Å². The fraction of sp³-hybridized carbons (Fsp3) is 0.818. The Balaban J connectivity index is -0.000000720. The van der Waals surface area contributed by atoms with Crippen molar-refractivity contribution in [2.24, 2.45) is 5.92 Å². The zero-order chi connectivity index (χ0) is 10.6. The van der Waals surface area contributed by atoms with Crippen molar-refractivity contribution in [3.63, 3.8) is 0 Å². The van der Waals surface area contributed by atoms with Crippen molar-refractivity contribution >= 4 is 5.91 Å². The molecule has 0 aliphatic rings. The number of amides is 1. The van der Waals surface area contributed by atoms with Crippen LogP contribution in [0, 0.1) is 13.3 Å². The third kappa shape index (κ3) is 7.43. The standard InChI is InChI=1S/C10H21N2O.CH3.Y/c1-7(2)8(3)12-9(13)10(4,5)11-6;;/h7-8H,1-6H3,(H,12,13);1H3;/q2*-1;. The second kappa shape index (κ2) is 8.66. The molecule has 0 rings (SSSR count). The molecule has 1 N–H and O–H groups in total. The van der Waals surface area contributed by atoms with Gasteiger partial charge in [0.2, 0.25) is 5.91 Å². The maximum Gasteiger partial charge on any atom is 0.205 e. The molecule has 1 radical (unpaired) electrons. The summed E-state index contributed by atoms with van der Waals surface area (Å²) in [6.45, 7) is 9.81. The molecule has 0 aromatic rings. The van der Waals surface area contributed by atoms with Crippen LogP contribution in [0.2, 0.25) is 0 Å². The smallest absolute Gasteiger partial charge is 0.205 e. The predicted octanol–water partition coefficient (Wildman–Crippen LogP) is 2.38. The van der Waals surface area contributed by atoms with Gasteiger partial charge in [0, 0.05) is 38.8 Å². The summed E-state index contributed by atoms with van der Waals surface area (Å²) in [7, 11) is 1.67. The molecule has 0 aromatic heterocycles.